The number of hydrogen-bond donors (Lipinski definition) is 1. The molecule has 2 aromatic carbocycles. The van der Waals surface area contributed by atoms with E-state index in [-0.39, 0.29) is 11.7 Å². The van der Waals surface area contributed by atoms with Gasteiger partial charge in [-0.3, -0.25) is 19.2 Å². The molecule has 2 aliphatic rings. The molecule has 0 bridgehead atoms. The second-order valence-electron chi connectivity index (χ2n) is 9.00. The predicted molar refractivity (Wildman–Crippen MR) is 129 cm³/mol. The van der Waals surface area contributed by atoms with E-state index in [1.54, 1.807) is 11.2 Å². The van der Waals surface area contributed by atoms with Crippen LogP contribution in [0.25, 0.3) is 0 Å². The smallest absolute Gasteiger partial charge is 0.237 e. The first-order valence-electron chi connectivity index (χ1n) is 11.0. The summed E-state index contributed by atoms with van der Waals surface area (Å²) in [5, 5.41) is 4.39. The topological polar surface area (TPSA) is 78.8 Å². The molecule has 2 aromatic rings. The van der Waals surface area contributed by atoms with Gasteiger partial charge in [0.15, 0.2) is 5.78 Å². The second kappa shape index (κ2) is 8.98. The Morgan fingerprint density at radius 3 is 2.47 bits per heavy atom. The number of carbonyl (C=O) groups excluding carboxylic acids is 2. The fourth-order valence-corrected chi connectivity index (χ4v) is 4.84. The van der Waals surface area contributed by atoms with E-state index in [0.717, 1.165) is 46.7 Å². The maximum atomic E-state index is 13.2. The van der Waals surface area contributed by atoms with Gasteiger partial charge in [0.2, 0.25) is 5.91 Å². The summed E-state index contributed by atoms with van der Waals surface area (Å²) in [4.78, 5) is 28.0. The van der Waals surface area contributed by atoms with E-state index in [0.29, 0.717) is 25.1 Å². The molecule has 0 radical (unpaired) electrons. The van der Waals surface area contributed by atoms with Gasteiger partial charge in [-0.15, -0.1) is 0 Å². The van der Waals surface area contributed by atoms with E-state index in [9.17, 15) is 13.8 Å². The van der Waals surface area contributed by atoms with Crippen LogP contribution in [0.3, 0.4) is 0 Å². The molecule has 1 aliphatic heterocycles. The number of Topliss-reactive ketones (excluding diaryl/α,β-unsaturated/α-hetero) is 1. The van der Waals surface area contributed by atoms with Crippen molar-refractivity contribution in [3.05, 3.63) is 53.6 Å². The Morgan fingerprint density at radius 2 is 1.75 bits per heavy atom. The average molecular weight is 452 g/mol. The zero-order valence-corrected chi connectivity index (χ0v) is 19.6. The largest absolute Gasteiger partial charge is 0.307 e. The van der Waals surface area contributed by atoms with Gasteiger partial charge in [0.05, 0.1) is 17.6 Å². The van der Waals surface area contributed by atoms with Crippen molar-refractivity contribution in [3.63, 3.8) is 0 Å². The van der Waals surface area contributed by atoms with Crippen LogP contribution in [-0.2, 0) is 32.3 Å². The van der Waals surface area contributed by atoms with Crippen molar-refractivity contribution in [2.24, 2.45) is 5.10 Å². The minimum Gasteiger partial charge on any atom is -0.307 e. The van der Waals surface area contributed by atoms with E-state index in [2.05, 4.69) is 10.5 Å². The summed E-state index contributed by atoms with van der Waals surface area (Å²) in [6.45, 7) is 4.32. The molecule has 0 saturated heterocycles. The highest BCUT2D eigenvalue weighted by Crippen LogP contribution is 2.43. The van der Waals surface area contributed by atoms with Gasteiger partial charge in [0.1, 0.15) is 5.71 Å². The number of nitrogens with one attached hydrogen (secondary N) is 1. The van der Waals surface area contributed by atoms with Gasteiger partial charge in [-0.1, -0.05) is 18.6 Å². The standard InChI is InChI=1S/C25H29N3O3S/c1-25(2)20-15-18(26-27-21-7-5-4-6-8-23(21)29)11-14-22(20)28(24(25)30)16-17-9-12-19(13-10-17)32(3)31/h9-15,26H,4-8,16H2,1-3H3/b27-21+. The van der Waals surface area contributed by atoms with Crippen LogP contribution in [0, 0.1) is 0 Å². The zero-order valence-electron chi connectivity index (χ0n) is 18.8. The molecule has 1 aliphatic carbocycles. The summed E-state index contributed by atoms with van der Waals surface area (Å²) >= 11 is 0. The molecule has 4 rings (SSSR count). The van der Waals surface area contributed by atoms with Gasteiger partial charge in [-0.05, 0) is 74.6 Å². The summed E-state index contributed by atoms with van der Waals surface area (Å²) in [5.74, 6) is 0.161. The Hall–Kier alpha value is -2.80. The zero-order chi connectivity index (χ0) is 22.9. The SMILES string of the molecule is CS(=O)c1ccc(CN2C(=O)C(C)(C)c3cc(N/N=C4\CCCCCC4=O)ccc32)cc1. The number of anilines is 2. The quantitative estimate of drug-likeness (QED) is 0.534. The molecular weight excluding hydrogens is 422 g/mol. The first-order chi connectivity index (χ1) is 15.3. The van der Waals surface area contributed by atoms with Crippen molar-refractivity contribution in [3.8, 4) is 0 Å². The van der Waals surface area contributed by atoms with Gasteiger partial charge in [-0.2, -0.15) is 5.10 Å². The van der Waals surface area contributed by atoms with Crippen molar-refractivity contribution >= 4 is 39.6 Å². The number of hydrazone groups is 1. The van der Waals surface area contributed by atoms with Gasteiger partial charge in [-0.25, -0.2) is 0 Å². The Kier molecular flexibility index (Phi) is 6.29. The van der Waals surface area contributed by atoms with Gasteiger partial charge >= 0.3 is 0 Å². The van der Waals surface area contributed by atoms with Crippen molar-refractivity contribution in [1.82, 2.24) is 0 Å². The normalized spacial score (nSPS) is 20.2. The molecule has 168 valence electrons. The molecule has 7 heteroatoms. The minimum atomic E-state index is -1.03. The third kappa shape index (κ3) is 4.39. The molecule has 1 heterocycles. The maximum absolute atomic E-state index is 13.2. The summed E-state index contributed by atoms with van der Waals surface area (Å²) < 4.78 is 11.6. The van der Waals surface area contributed by atoms with Crippen molar-refractivity contribution in [2.45, 2.75) is 62.8 Å². The maximum Gasteiger partial charge on any atom is 0.237 e. The van der Waals surface area contributed by atoms with Crippen LogP contribution >= 0.6 is 0 Å². The van der Waals surface area contributed by atoms with Crippen LogP contribution in [0.2, 0.25) is 0 Å². The monoisotopic (exact) mass is 451 g/mol. The number of amides is 1. The molecule has 6 nitrogen and oxygen atoms in total. The van der Waals surface area contributed by atoms with Crippen LogP contribution in [-0.4, -0.2) is 27.9 Å². The number of rotatable bonds is 5. The fourth-order valence-electron chi connectivity index (χ4n) is 4.32. The number of fused-ring (bicyclic) bond motifs is 1. The summed E-state index contributed by atoms with van der Waals surface area (Å²) in [5.41, 5.74) is 6.56. The molecule has 1 N–H and O–H groups in total. The third-order valence-electron chi connectivity index (χ3n) is 6.30. The molecule has 1 atom stereocenters. The Balaban J connectivity index is 1.57. The highest BCUT2D eigenvalue weighted by Gasteiger charge is 2.43. The number of ketones is 1. The van der Waals surface area contributed by atoms with Crippen LogP contribution < -0.4 is 10.3 Å². The number of benzene rings is 2. The highest BCUT2D eigenvalue weighted by molar-refractivity contribution is 7.84. The van der Waals surface area contributed by atoms with E-state index in [1.165, 1.54) is 0 Å². The summed E-state index contributed by atoms with van der Waals surface area (Å²) in [6.07, 6.45) is 5.91. The molecule has 1 saturated carbocycles. The summed E-state index contributed by atoms with van der Waals surface area (Å²) in [7, 11) is -1.03. The molecule has 1 fully saturated rings. The third-order valence-corrected chi connectivity index (χ3v) is 7.23. The van der Waals surface area contributed by atoms with Crippen molar-refractivity contribution in [1.29, 1.82) is 0 Å². The highest BCUT2D eigenvalue weighted by atomic mass is 32.2. The van der Waals surface area contributed by atoms with Crippen molar-refractivity contribution < 1.29 is 13.8 Å². The number of hydrogen-bond acceptors (Lipinski definition) is 5. The number of carbonyl (C=O) groups is 2. The van der Waals surface area contributed by atoms with Crippen LogP contribution in [0.15, 0.2) is 52.5 Å². The van der Waals surface area contributed by atoms with Gasteiger partial charge < -0.3 is 4.90 Å². The second-order valence-corrected chi connectivity index (χ2v) is 10.4. The lowest BCUT2D eigenvalue weighted by Gasteiger charge is -2.20. The first kappa shape index (κ1) is 22.4. The molecule has 0 spiro atoms. The fraction of sp³-hybridized carbons (Fsp3) is 0.400. The molecule has 1 amide bonds. The minimum absolute atomic E-state index is 0.0399. The Labute approximate surface area is 191 Å². The Morgan fingerprint density at radius 1 is 1.03 bits per heavy atom. The Bertz CT molecular complexity index is 1110. The molecular formula is C25H29N3O3S. The van der Waals surface area contributed by atoms with Crippen molar-refractivity contribution in [2.75, 3.05) is 16.6 Å². The lowest BCUT2D eigenvalue weighted by atomic mass is 9.86. The predicted octanol–water partition coefficient (Wildman–Crippen LogP) is 4.55. The lowest BCUT2D eigenvalue weighted by molar-refractivity contribution is -0.122. The summed E-state index contributed by atoms with van der Waals surface area (Å²) in [6, 6.07) is 13.3. The number of nitrogens with zero attached hydrogens (tertiary/aromatic N) is 2. The first-order valence-corrected chi connectivity index (χ1v) is 12.6. The van der Waals surface area contributed by atoms with Crippen LogP contribution in [0.4, 0.5) is 11.4 Å². The van der Waals surface area contributed by atoms with Gasteiger partial charge in [0.25, 0.3) is 0 Å². The van der Waals surface area contributed by atoms with E-state index >= 15 is 0 Å². The van der Waals surface area contributed by atoms with E-state index < -0.39 is 16.2 Å². The molecule has 1 unspecified atom stereocenters. The van der Waals surface area contributed by atoms with E-state index in [1.807, 2.05) is 56.3 Å². The molecule has 32 heavy (non-hydrogen) atoms. The van der Waals surface area contributed by atoms with Crippen LogP contribution in [0.5, 0.6) is 0 Å². The van der Waals surface area contributed by atoms with Gasteiger partial charge in [0, 0.05) is 34.1 Å². The van der Waals surface area contributed by atoms with E-state index in [4.69, 9.17) is 0 Å². The average Bonchev–Trinajstić information content (AvgIpc) is 2.91. The van der Waals surface area contributed by atoms with Crippen LogP contribution in [0.1, 0.15) is 57.1 Å². The molecule has 0 aromatic heterocycles. The lowest BCUT2D eigenvalue weighted by Crippen LogP contribution is -2.35.